The highest BCUT2D eigenvalue weighted by Crippen LogP contribution is 2.22. The molecule has 2 rings (SSSR count). The maximum Gasteiger partial charge on any atom is 0.125 e. The van der Waals surface area contributed by atoms with Crippen molar-refractivity contribution in [3.63, 3.8) is 0 Å². The van der Waals surface area contributed by atoms with Crippen LogP contribution in [0.3, 0.4) is 0 Å². The van der Waals surface area contributed by atoms with Crippen LogP contribution in [0.5, 0.6) is 0 Å². The van der Waals surface area contributed by atoms with Crippen LogP contribution in [0.25, 0.3) is 0 Å². The van der Waals surface area contributed by atoms with Gasteiger partial charge in [0.15, 0.2) is 0 Å². The summed E-state index contributed by atoms with van der Waals surface area (Å²) in [5.41, 5.74) is 1.21. The van der Waals surface area contributed by atoms with Crippen molar-refractivity contribution in [1.29, 1.82) is 0 Å². The number of aryl methyl sites for hydroxylation is 1. The van der Waals surface area contributed by atoms with Gasteiger partial charge in [-0.05, 0) is 29.8 Å². The number of rotatable bonds is 3. The second-order valence-corrected chi connectivity index (χ2v) is 4.34. The van der Waals surface area contributed by atoms with Crippen molar-refractivity contribution in [3.8, 4) is 0 Å². The van der Waals surface area contributed by atoms with Crippen LogP contribution in [0.15, 0.2) is 30.5 Å². The zero-order chi connectivity index (χ0) is 12.4. The first kappa shape index (κ1) is 12.1. The zero-order valence-corrected chi connectivity index (χ0v) is 10.0. The zero-order valence-electron chi connectivity index (χ0n) is 9.27. The van der Waals surface area contributed by atoms with E-state index in [9.17, 15) is 9.50 Å². The number of aliphatic hydroxyl groups is 1. The molecule has 1 heterocycles. The number of halogens is 2. The summed E-state index contributed by atoms with van der Waals surface area (Å²) in [5.74, 6) is -0.451. The van der Waals surface area contributed by atoms with Crippen LogP contribution in [0, 0.1) is 5.82 Å². The molecule has 3 nitrogen and oxygen atoms in total. The summed E-state index contributed by atoms with van der Waals surface area (Å²) in [6, 6.07) is 5.85. The van der Waals surface area contributed by atoms with Crippen molar-refractivity contribution < 1.29 is 9.50 Å². The first-order valence-electron chi connectivity index (χ1n) is 5.17. The Morgan fingerprint density at radius 2 is 2.24 bits per heavy atom. The summed E-state index contributed by atoms with van der Waals surface area (Å²) in [6.45, 7) is 0. The molecule has 0 bridgehead atoms. The summed E-state index contributed by atoms with van der Waals surface area (Å²) >= 11 is 5.73. The van der Waals surface area contributed by atoms with Gasteiger partial charge >= 0.3 is 0 Å². The molecule has 2 aromatic rings. The standard InChI is InChI=1S/C12H12ClFN2O/c1-16-3-2-11(15-16)7-12(17)8-4-9(13)6-10(14)5-8/h2-6,12,17H,7H2,1H3. The van der Waals surface area contributed by atoms with Gasteiger partial charge in [0.2, 0.25) is 0 Å². The SMILES string of the molecule is Cn1ccc(CC(O)c2cc(F)cc(Cl)c2)n1. The van der Waals surface area contributed by atoms with Gasteiger partial charge in [-0.3, -0.25) is 4.68 Å². The molecule has 17 heavy (non-hydrogen) atoms. The van der Waals surface area contributed by atoms with Crippen molar-refractivity contribution in [2.24, 2.45) is 7.05 Å². The van der Waals surface area contributed by atoms with Crippen LogP contribution in [-0.2, 0) is 13.5 Å². The Morgan fingerprint density at radius 1 is 1.47 bits per heavy atom. The van der Waals surface area contributed by atoms with Crippen molar-refractivity contribution in [2.45, 2.75) is 12.5 Å². The maximum atomic E-state index is 13.1. The third-order valence-electron chi connectivity index (χ3n) is 2.44. The number of nitrogens with zero attached hydrogens (tertiary/aromatic N) is 2. The number of hydrogen-bond acceptors (Lipinski definition) is 2. The molecule has 0 aliphatic carbocycles. The molecule has 0 aliphatic rings. The highest BCUT2D eigenvalue weighted by Gasteiger charge is 2.12. The summed E-state index contributed by atoms with van der Waals surface area (Å²) in [6.07, 6.45) is 1.32. The fraction of sp³-hybridized carbons (Fsp3) is 0.250. The molecule has 0 saturated carbocycles. The molecule has 0 aliphatic heterocycles. The third kappa shape index (κ3) is 3.05. The molecule has 5 heteroatoms. The molecule has 0 saturated heterocycles. The first-order valence-corrected chi connectivity index (χ1v) is 5.55. The Morgan fingerprint density at radius 3 is 2.82 bits per heavy atom. The van der Waals surface area contributed by atoms with Crippen molar-refractivity contribution in [2.75, 3.05) is 0 Å². The van der Waals surface area contributed by atoms with E-state index < -0.39 is 11.9 Å². The first-order chi connectivity index (χ1) is 8.04. The van der Waals surface area contributed by atoms with E-state index in [-0.39, 0.29) is 5.02 Å². The highest BCUT2D eigenvalue weighted by atomic mass is 35.5. The topological polar surface area (TPSA) is 38.0 Å². The fourth-order valence-corrected chi connectivity index (χ4v) is 1.89. The van der Waals surface area contributed by atoms with Crippen LogP contribution in [0.1, 0.15) is 17.4 Å². The second kappa shape index (κ2) is 4.85. The molecular weight excluding hydrogens is 243 g/mol. The monoisotopic (exact) mass is 254 g/mol. The summed E-state index contributed by atoms with van der Waals surface area (Å²) in [5, 5.41) is 14.4. The largest absolute Gasteiger partial charge is 0.388 e. The lowest BCUT2D eigenvalue weighted by atomic mass is 10.1. The third-order valence-corrected chi connectivity index (χ3v) is 2.66. The Hall–Kier alpha value is -1.39. The van der Waals surface area contributed by atoms with Gasteiger partial charge in [0.25, 0.3) is 0 Å². The lowest BCUT2D eigenvalue weighted by Gasteiger charge is -2.10. The molecule has 1 aromatic carbocycles. The molecule has 1 N–H and O–H groups in total. The Balaban J connectivity index is 2.16. The molecule has 0 radical (unpaired) electrons. The minimum Gasteiger partial charge on any atom is -0.388 e. The highest BCUT2D eigenvalue weighted by molar-refractivity contribution is 6.30. The van der Waals surface area contributed by atoms with E-state index in [0.29, 0.717) is 12.0 Å². The van der Waals surface area contributed by atoms with E-state index in [0.717, 1.165) is 5.69 Å². The Bertz CT molecular complexity index is 507. The molecular formula is C12H12ClFN2O. The van der Waals surface area contributed by atoms with Crippen molar-refractivity contribution >= 4 is 11.6 Å². The molecule has 0 fully saturated rings. The molecule has 1 aromatic heterocycles. The smallest absolute Gasteiger partial charge is 0.125 e. The quantitative estimate of drug-likeness (QED) is 0.914. The predicted octanol–water partition coefficient (Wildman–Crippen LogP) is 2.49. The van der Waals surface area contributed by atoms with E-state index in [2.05, 4.69) is 5.10 Å². The minimum absolute atomic E-state index is 0.278. The maximum absolute atomic E-state index is 13.1. The van der Waals surface area contributed by atoms with Crippen LogP contribution in [0.4, 0.5) is 4.39 Å². The number of hydrogen-bond donors (Lipinski definition) is 1. The van der Waals surface area contributed by atoms with Gasteiger partial charge < -0.3 is 5.11 Å². The summed E-state index contributed by atoms with van der Waals surface area (Å²) in [7, 11) is 1.80. The van der Waals surface area contributed by atoms with Gasteiger partial charge in [0.05, 0.1) is 11.8 Å². The average Bonchev–Trinajstić information content (AvgIpc) is 2.62. The van der Waals surface area contributed by atoms with Gasteiger partial charge in [-0.25, -0.2) is 4.39 Å². The van der Waals surface area contributed by atoms with Gasteiger partial charge in [0, 0.05) is 24.7 Å². The normalized spacial score (nSPS) is 12.7. The van der Waals surface area contributed by atoms with Crippen molar-refractivity contribution in [1.82, 2.24) is 9.78 Å². The van der Waals surface area contributed by atoms with E-state index in [1.165, 1.54) is 12.1 Å². The second-order valence-electron chi connectivity index (χ2n) is 3.90. The lowest BCUT2D eigenvalue weighted by Crippen LogP contribution is -2.03. The van der Waals surface area contributed by atoms with E-state index in [4.69, 9.17) is 11.6 Å². The molecule has 90 valence electrons. The molecule has 0 amide bonds. The number of aliphatic hydroxyl groups excluding tert-OH is 1. The number of aromatic nitrogens is 2. The lowest BCUT2D eigenvalue weighted by molar-refractivity contribution is 0.176. The molecule has 1 atom stereocenters. The van der Waals surface area contributed by atoms with E-state index in [1.54, 1.807) is 24.0 Å². The van der Waals surface area contributed by atoms with Crippen LogP contribution >= 0.6 is 11.6 Å². The molecule has 1 unspecified atom stereocenters. The van der Waals surface area contributed by atoms with Crippen LogP contribution in [-0.4, -0.2) is 14.9 Å². The van der Waals surface area contributed by atoms with Gasteiger partial charge in [-0.1, -0.05) is 11.6 Å². The van der Waals surface area contributed by atoms with Crippen LogP contribution in [0.2, 0.25) is 5.02 Å². The predicted molar refractivity (Wildman–Crippen MR) is 63.3 cm³/mol. The summed E-state index contributed by atoms with van der Waals surface area (Å²) < 4.78 is 14.8. The molecule has 0 spiro atoms. The van der Waals surface area contributed by atoms with Crippen LogP contribution < -0.4 is 0 Å². The van der Waals surface area contributed by atoms with E-state index >= 15 is 0 Å². The van der Waals surface area contributed by atoms with Gasteiger partial charge in [-0.15, -0.1) is 0 Å². The summed E-state index contributed by atoms with van der Waals surface area (Å²) in [4.78, 5) is 0. The van der Waals surface area contributed by atoms with E-state index in [1.807, 2.05) is 6.07 Å². The number of benzene rings is 1. The van der Waals surface area contributed by atoms with Gasteiger partial charge in [-0.2, -0.15) is 5.10 Å². The average molecular weight is 255 g/mol. The fourth-order valence-electron chi connectivity index (χ4n) is 1.66. The Kier molecular flexibility index (Phi) is 3.45. The Labute approximate surface area is 103 Å². The minimum atomic E-state index is -0.807. The van der Waals surface area contributed by atoms with Gasteiger partial charge in [0.1, 0.15) is 5.82 Å². The van der Waals surface area contributed by atoms with Crippen molar-refractivity contribution in [3.05, 3.63) is 52.6 Å².